The molecule has 1 N–H and O–H groups in total. The molecule has 2 fully saturated rings. The average molecular weight is 718 g/mol. The van der Waals surface area contributed by atoms with Crippen molar-refractivity contribution >= 4 is 47.0 Å². The van der Waals surface area contributed by atoms with Crippen molar-refractivity contribution in [3.63, 3.8) is 0 Å². The Hall–Kier alpha value is -5.01. The number of fused-ring (bicyclic) bond motifs is 1. The third kappa shape index (κ3) is 7.40. The van der Waals surface area contributed by atoms with Crippen LogP contribution in [0, 0.1) is 0 Å². The Labute approximate surface area is 300 Å². The summed E-state index contributed by atoms with van der Waals surface area (Å²) in [7, 11) is 3.73. The molecule has 0 aliphatic carbocycles. The first-order valence-corrected chi connectivity index (χ1v) is 17.1. The second-order valence-electron chi connectivity index (χ2n) is 14.3. The van der Waals surface area contributed by atoms with Crippen molar-refractivity contribution in [1.29, 1.82) is 0 Å². The molecule has 2 aromatic carbocycles. The maximum atomic E-state index is 13.5. The van der Waals surface area contributed by atoms with Gasteiger partial charge in [-0.05, 0) is 82.0 Å². The fourth-order valence-electron chi connectivity index (χ4n) is 6.76. The lowest BCUT2D eigenvalue weighted by Crippen LogP contribution is -2.58. The van der Waals surface area contributed by atoms with Crippen molar-refractivity contribution in [3.05, 3.63) is 92.4 Å². The van der Waals surface area contributed by atoms with Crippen molar-refractivity contribution in [3.8, 4) is 5.75 Å². The van der Waals surface area contributed by atoms with Gasteiger partial charge in [0.15, 0.2) is 0 Å². The molecule has 1 aromatic heterocycles. The summed E-state index contributed by atoms with van der Waals surface area (Å²) >= 11 is 6.33. The second-order valence-corrected chi connectivity index (χ2v) is 14.7. The Morgan fingerprint density at radius 3 is 2.35 bits per heavy atom. The van der Waals surface area contributed by atoms with E-state index < -0.39 is 41.4 Å². The van der Waals surface area contributed by atoms with Crippen LogP contribution in [-0.2, 0) is 28.0 Å². The minimum absolute atomic E-state index is 0.0723. The summed E-state index contributed by atoms with van der Waals surface area (Å²) in [4.78, 5) is 81.0. The number of halogens is 1. The first kappa shape index (κ1) is 35.8. The van der Waals surface area contributed by atoms with Crippen LogP contribution < -0.4 is 15.6 Å². The van der Waals surface area contributed by atoms with Crippen LogP contribution in [-0.4, -0.2) is 86.8 Å². The van der Waals surface area contributed by atoms with E-state index in [0.29, 0.717) is 16.3 Å². The largest absolute Gasteiger partial charge is 0.489 e. The van der Waals surface area contributed by atoms with Crippen LogP contribution in [0.4, 0.5) is 10.5 Å². The van der Waals surface area contributed by atoms with Crippen LogP contribution >= 0.6 is 11.6 Å². The van der Waals surface area contributed by atoms with Gasteiger partial charge in [-0.25, -0.2) is 4.79 Å². The maximum absolute atomic E-state index is 13.5. The lowest BCUT2D eigenvalue weighted by Gasteiger charge is -2.37. The van der Waals surface area contributed by atoms with Crippen LogP contribution in [0.2, 0.25) is 5.02 Å². The molecule has 3 aromatic rings. The van der Waals surface area contributed by atoms with Gasteiger partial charge in [0.1, 0.15) is 29.0 Å². The number of nitrogens with zero attached hydrogens (tertiary/aromatic N) is 4. The Morgan fingerprint density at radius 2 is 1.65 bits per heavy atom. The fraction of sp³-hybridized carbons (Fsp3) is 0.405. The van der Waals surface area contributed by atoms with Crippen LogP contribution in [0.15, 0.2) is 59.5 Å². The van der Waals surface area contributed by atoms with Gasteiger partial charge in [-0.15, -0.1) is 0 Å². The monoisotopic (exact) mass is 717 g/mol. The van der Waals surface area contributed by atoms with Gasteiger partial charge < -0.3 is 24.3 Å². The van der Waals surface area contributed by atoms with E-state index in [9.17, 15) is 28.8 Å². The number of likely N-dealkylation sites (tertiary alicyclic amines) is 2. The Morgan fingerprint density at radius 1 is 0.941 bits per heavy atom. The zero-order chi connectivity index (χ0) is 36.8. The third-order valence-corrected chi connectivity index (χ3v) is 9.59. The van der Waals surface area contributed by atoms with Gasteiger partial charge in [0.05, 0.1) is 16.8 Å². The SMILES string of the molecule is CN1C[C@H](Nc2ccn(C)c(=O)c2Cl)C[C@H](c2ccc(COc3ccc4c(c3)C(=O)N(C3CCC(=O)N(C(=O)OC(C)(C)C)C3=O)C4=O)cc2)C1. The topological polar surface area (TPSA) is 148 Å². The summed E-state index contributed by atoms with van der Waals surface area (Å²) < 4.78 is 12.7. The van der Waals surface area contributed by atoms with E-state index in [-0.39, 0.29) is 53.1 Å². The number of pyridine rings is 1. The number of amides is 5. The second kappa shape index (κ2) is 14.0. The highest BCUT2D eigenvalue weighted by molar-refractivity contribution is 6.33. The summed E-state index contributed by atoms with van der Waals surface area (Å²) in [5, 5.41) is 3.63. The number of hydrogen-bond donors (Lipinski definition) is 1. The highest BCUT2D eigenvalue weighted by Gasteiger charge is 2.49. The average Bonchev–Trinajstić information content (AvgIpc) is 3.31. The smallest absolute Gasteiger partial charge is 0.424 e. The van der Waals surface area contributed by atoms with Crippen LogP contribution in [0.3, 0.4) is 0 Å². The van der Waals surface area contributed by atoms with Crippen molar-refractivity contribution in [2.45, 2.75) is 70.2 Å². The molecule has 268 valence electrons. The van der Waals surface area contributed by atoms with Gasteiger partial charge in [-0.3, -0.25) is 28.9 Å². The molecule has 3 atom stereocenters. The summed E-state index contributed by atoms with van der Waals surface area (Å²) in [5.41, 5.74) is 1.65. The number of imide groups is 4. The summed E-state index contributed by atoms with van der Waals surface area (Å²) in [6, 6.07) is 13.2. The number of aryl methyl sites for hydroxylation is 1. The molecule has 0 radical (unpaired) electrons. The molecule has 0 saturated carbocycles. The fourth-order valence-corrected chi connectivity index (χ4v) is 7.02. The van der Waals surface area contributed by atoms with Crippen LogP contribution in [0.1, 0.15) is 77.8 Å². The Balaban J connectivity index is 1.09. The van der Waals surface area contributed by atoms with Gasteiger partial charge >= 0.3 is 6.09 Å². The normalized spacial score (nSPS) is 21.2. The van der Waals surface area contributed by atoms with Crippen molar-refractivity contribution in [2.75, 3.05) is 25.5 Å². The number of ether oxygens (including phenoxy) is 2. The molecule has 6 rings (SSSR count). The third-order valence-electron chi connectivity index (χ3n) is 9.22. The van der Waals surface area contributed by atoms with E-state index in [1.807, 2.05) is 18.2 Å². The minimum atomic E-state index is -1.33. The number of hydrogen-bond acceptors (Lipinski definition) is 10. The molecule has 0 spiro atoms. The molecule has 3 aliphatic heterocycles. The number of nitrogens with one attached hydrogen (secondary N) is 1. The molecule has 1 unspecified atom stereocenters. The van der Waals surface area contributed by atoms with E-state index in [1.165, 1.54) is 16.7 Å². The lowest BCUT2D eigenvalue weighted by atomic mass is 9.88. The molecular weight excluding hydrogens is 678 g/mol. The molecule has 0 bridgehead atoms. The van der Waals surface area contributed by atoms with Gasteiger partial charge in [-0.1, -0.05) is 35.9 Å². The first-order chi connectivity index (χ1) is 24.1. The number of anilines is 1. The predicted molar refractivity (Wildman–Crippen MR) is 188 cm³/mol. The van der Waals surface area contributed by atoms with Gasteiger partial charge in [-0.2, -0.15) is 4.90 Å². The number of aromatic nitrogens is 1. The van der Waals surface area contributed by atoms with Gasteiger partial charge in [0.2, 0.25) is 5.91 Å². The van der Waals surface area contributed by atoms with E-state index >= 15 is 0 Å². The quantitative estimate of drug-likeness (QED) is 0.345. The van der Waals surface area contributed by atoms with E-state index in [2.05, 4.69) is 29.4 Å². The van der Waals surface area contributed by atoms with Crippen molar-refractivity contribution in [2.24, 2.45) is 7.05 Å². The molecule has 51 heavy (non-hydrogen) atoms. The van der Waals surface area contributed by atoms with E-state index in [1.54, 1.807) is 40.1 Å². The first-order valence-electron chi connectivity index (χ1n) is 16.7. The van der Waals surface area contributed by atoms with Crippen molar-refractivity contribution < 1.29 is 33.4 Å². The molecule has 5 amide bonds. The Bertz CT molecular complexity index is 1970. The van der Waals surface area contributed by atoms with Gasteiger partial charge in [0, 0.05) is 38.8 Å². The number of likely N-dealkylation sites (N-methyl/N-ethyl adjacent to an activating group) is 1. The van der Waals surface area contributed by atoms with E-state index in [4.69, 9.17) is 21.1 Å². The molecule has 3 aliphatic rings. The molecule has 13 nitrogen and oxygen atoms in total. The molecule has 14 heteroatoms. The van der Waals surface area contributed by atoms with Crippen LogP contribution in [0.5, 0.6) is 5.75 Å². The zero-order valence-electron chi connectivity index (χ0n) is 29.1. The summed E-state index contributed by atoms with van der Waals surface area (Å²) in [5.74, 6) is -2.51. The lowest BCUT2D eigenvalue weighted by molar-refractivity contribution is -0.149. The molecule has 4 heterocycles. The predicted octanol–water partition coefficient (Wildman–Crippen LogP) is 4.57. The minimum Gasteiger partial charge on any atom is -0.489 e. The van der Waals surface area contributed by atoms with Gasteiger partial charge in [0.25, 0.3) is 23.3 Å². The number of carbonyl (C=O) groups excluding carboxylic acids is 5. The summed E-state index contributed by atoms with van der Waals surface area (Å²) in [6.45, 7) is 6.68. The van der Waals surface area contributed by atoms with E-state index in [0.717, 1.165) is 35.5 Å². The maximum Gasteiger partial charge on any atom is 0.424 e. The number of carbonyl (C=O) groups is 5. The molecular formula is C37H40ClN5O8. The zero-order valence-corrected chi connectivity index (χ0v) is 29.9. The number of piperidine rings is 2. The highest BCUT2D eigenvalue weighted by atomic mass is 35.5. The number of rotatable bonds is 7. The van der Waals surface area contributed by atoms with Crippen molar-refractivity contribution in [1.82, 2.24) is 19.3 Å². The Kier molecular flexibility index (Phi) is 9.80. The van der Waals surface area contributed by atoms with Crippen LogP contribution in [0.25, 0.3) is 0 Å². The highest BCUT2D eigenvalue weighted by Crippen LogP contribution is 2.33. The standard InChI is InChI=1S/C37H40ClN5O8/c1-37(2,3)51-36(49)43-30(44)13-12-29(34(43)47)42-32(45)26-11-10-25(17-27(26)33(42)46)50-20-21-6-8-22(9-7-21)23-16-24(19-40(4)18-23)39-28-14-15-41(5)35(48)31(28)38/h6-11,14-15,17,23-24,29,39H,12-13,16,18-20H2,1-5H3/t23-,24+,29?/m0/s1. The molecule has 2 saturated heterocycles. The summed E-state index contributed by atoms with van der Waals surface area (Å²) in [6.07, 6.45) is 1.10. The number of benzene rings is 2.